The molecule has 0 radical (unpaired) electrons. The summed E-state index contributed by atoms with van der Waals surface area (Å²) in [4.78, 5) is 36.8. The van der Waals surface area contributed by atoms with Crippen molar-refractivity contribution in [3.8, 4) is 0 Å². The zero-order valence-electron chi connectivity index (χ0n) is 13.7. The van der Waals surface area contributed by atoms with Gasteiger partial charge in [-0.1, -0.05) is 30.9 Å². The zero-order valence-corrected chi connectivity index (χ0v) is 13.7. The molecule has 0 aromatic heterocycles. The minimum atomic E-state index is -1.98. The lowest BCUT2D eigenvalue weighted by atomic mass is 10.0. The standard InChI is InChI=1S/C17H21NO6/c1-4-10-23-15(20)17(2,16(21)24-12-11-22-3)18-14(19)13-8-6-5-7-9-13/h4-9H,1,10-12H2,2-3H3,(H,18,19)/t17-/m0/s1. The lowest BCUT2D eigenvalue weighted by molar-refractivity contribution is -0.165. The number of ether oxygens (including phenoxy) is 3. The van der Waals surface area contributed by atoms with E-state index in [-0.39, 0.29) is 19.8 Å². The largest absolute Gasteiger partial charge is 0.461 e. The zero-order chi connectivity index (χ0) is 18.0. The summed E-state index contributed by atoms with van der Waals surface area (Å²) in [6.45, 7) is 4.67. The fourth-order valence-corrected chi connectivity index (χ4v) is 1.72. The number of benzene rings is 1. The number of methoxy groups -OCH3 is 1. The molecule has 0 bridgehead atoms. The molecule has 0 saturated carbocycles. The molecule has 0 aliphatic heterocycles. The van der Waals surface area contributed by atoms with Crippen molar-refractivity contribution in [2.75, 3.05) is 26.9 Å². The van der Waals surface area contributed by atoms with Gasteiger partial charge >= 0.3 is 11.9 Å². The van der Waals surface area contributed by atoms with Gasteiger partial charge in [-0.2, -0.15) is 0 Å². The molecular formula is C17H21NO6. The van der Waals surface area contributed by atoms with Gasteiger partial charge in [-0.3, -0.25) is 4.79 Å². The predicted molar refractivity (Wildman–Crippen MR) is 86.3 cm³/mol. The number of carbonyl (C=O) groups is 3. The van der Waals surface area contributed by atoms with E-state index in [0.29, 0.717) is 5.56 Å². The van der Waals surface area contributed by atoms with Crippen molar-refractivity contribution in [1.82, 2.24) is 5.32 Å². The first-order chi connectivity index (χ1) is 11.5. The van der Waals surface area contributed by atoms with Crippen molar-refractivity contribution >= 4 is 17.8 Å². The second kappa shape index (κ2) is 9.46. The normalized spacial score (nSPS) is 12.6. The summed E-state index contributed by atoms with van der Waals surface area (Å²) in [5.74, 6) is -2.47. The van der Waals surface area contributed by atoms with Crippen molar-refractivity contribution < 1.29 is 28.6 Å². The Hall–Kier alpha value is -2.67. The Morgan fingerprint density at radius 2 is 1.75 bits per heavy atom. The number of hydrogen-bond donors (Lipinski definition) is 1. The molecule has 0 saturated heterocycles. The van der Waals surface area contributed by atoms with E-state index in [1.165, 1.54) is 20.1 Å². The van der Waals surface area contributed by atoms with E-state index in [4.69, 9.17) is 14.2 Å². The lowest BCUT2D eigenvalue weighted by Crippen LogP contribution is -2.59. The van der Waals surface area contributed by atoms with Gasteiger partial charge in [0, 0.05) is 12.7 Å². The molecule has 0 aliphatic carbocycles. The van der Waals surface area contributed by atoms with Crippen LogP contribution in [0.15, 0.2) is 43.0 Å². The smallest absolute Gasteiger partial charge is 0.343 e. The maximum absolute atomic E-state index is 12.3. The highest BCUT2D eigenvalue weighted by atomic mass is 16.6. The highest BCUT2D eigenvalue weighted by Crippen LogP contribution is 2.12. The fraction of sp³-hybridized carbons (Fsp3) is 0.353. The van der Waals surface area contributed by atoms with Crippen molar-refractivity contribution in [3.05, 3.63) is 48.6 Å². The van der Waals surface area contributed by atoms with E-state index in [1.54, 1.807) is 30.3 Å². The summed E-state index contributed by atoms with van der Waals surface area (Å²) in [6.07, 6.45) is 1.35. The van der Waals surface area contributed by atoms with Gasteiger partial charge in [-0.15, -0.1) is 0 Å². The summed E-state index contributed by atoms with van der Waals surface area (Å²) in [7, 11) is 1.45. The number of rotatable bonds is 9. The Morgan fingerprint density at radius 3 is 2.33 bits per heavy atom. The average molecular weight is 335 g/mol. The SMILES string of the molecule is C=CCOC(=O)[C@](C)(NC(=O)c1ccccc1)C(=O)OCCOC. The quantitative estimate of drug-likeness (QED) is 0.314. The molecule has 24 heavy (non-hydrogen) atoms. The third-order valence-corrected chi connectivity index (χ3v) is 3.07. The van der Waals surface area contributed by atoms with Crippen LogP contribution in [0, 0.1) is 0 Å². The summed E-state index contributed by atoms with van der Waals surface area (Å²) in [6, 6.07) is 8.19. The lowest BCUT2D eigenvalue weighted by Gasteiger charge is -2.26. The number of hydrogen-bond acceptors (Lipinski definition) is 6. The van der Waals surface area contributed by atoms with E-state index in [9.17, 15) is 14.4 Å². The van der Waals surface area contributed by atoms with Crippen LogP contribution in [0.25, 0.3) is 0 Å². The van der Waals surface area contributed by atoms with Crippen LogP contribution in [0.4, 0.5) is 0 Å². The predicted octanol–water partition coefficient (Wildman–Crippen LogP) is 1.09. The minimum absolute atomic E-state index is 0.0547. The molecule has 130 valence electrons. The second-order valence-corrected chi connectivity index (χ2v) is 4.96. The number of esters is 2. The van der Waals surface area contributed by atoms with Crippen LogP contribution < -0.4 is 5.32 Å². The molecule has 1 rings (SSSR count). The molecule has 7 nitrogen and oxygen atoms in total. The Balaban J connectivity index is 2.94. The molecule has 0 spiro atoms. The van der Waals surface area contributed by atoms with Crippen LogP contribution in [0.5, 0.6) is 0 Å². The Kier molecular flexibility index (Phi) is 7.64. The third-order valence-electron chi connectivity index (χ3n) is 3.07. The molecular weight excluding hydrogens is 314 g/mol. The summed E-state index contributed by atoms with van der Waals surface area (Å²) < 4.78 is 14.7. The fourth-order valence-electron chi connectivity index (χ4n) is 1.72. The van der Waals surface area contributed by atoms with Crippen molar-refractivity contribution in [2.24, 2.45) is 0 Å². The Morgan fingerprint density at radius 1 is 1.12 bits per heavy atom. The average Bonchev–Trinajstić information content (AvgIpc) is 2.60. The van der Waals surface area contributed by atoms with Crippen LogP contribution in [-0.2, 0) is 23.8 Å². The number of amides is 1. The number of carbonyl (C=O) groups excluding carboxylic acids is 3. The Labute approximate surface area is 140 Å². The molecule has 0 heterocycles. The summed E-state index contributed by atoms with van der Waals surface area (Å²) in [5, 5.41) is 2.38. The van der Waals surface area contributed by atoms with Crippen LogP contribution in [0.1, 0.15) is 17.3 Å². The van der Waals surface area contributed by atoms with Crippen LogP contribution in [0.3, 0.4) is 0 Å². The molecule has 1 N–H and O–H groups in total. The van der Waals surface area contributed by atoms with E-state index in [0.717, 1.165) is 0 Å². The first-order valence-electron chi connectivity index (χ1n) is 7.27. The maximum Gasteiger partial charge on any atom is 0.343 e. The third kappa shape index (κ3) is 5.20. The topological polar surface area (TPSA) is 90.9 Å². The van der Waals surface area contributed by atoms with E-state index >= 15 is 0 Å². The van der Waals surface area contributed by atoms with E-state index < -0.39 is 23.4 Å². The van der Waals surface area contributed by atoms with Gasteiger partial charge in [-0.05, 0) is 19.1 Å². The molecule has 1 aromatic carbocycles. The Bertz CT molecular complexity index is 586. The van der Waals surface area contributed by atoms with Gasteiger partial charge < -0.3 is 19.5 Å². The van der Waals surface area contributed by atoms with Gasteiger partial charge in [0.2, 0.25) is 5.54 Å². The van der Waals surface area contributed by atoms with Crippen molar-refractivity contribution in [3.63, 3.8) is 0 Å². The monoisotopic (exact) mass is 335 g/mol. The molecule has 1 atom stereocenters. The van der Waals surface area contributed by atoms with Crippen LogP contribution >= 0.6 is 0 Å². The number of nitrogens with one attached hydrogen (secondary N) is 1. The van der Waals surface area contributed by atoms with Crippen LogP contribution in [0.2, 0.25) is 0 Å². The summed E-state index contributed by atoms with van der Waals surface area (Å²) in [5.41, 5.74) is -1.69. The van der Waals surface area contributed by atoms with E-state index in [2.05, 4.69) is 11.9 Å². The molecule has 0 unspecified atom stereocenters. The first-order valence-corrected chi connectivity index (χ1v) is 7.27. The van der Waals surface area contributed by atoms with Gasteiger partial charge in [0.1, 0.15) is 13.2 Å². The highest BCUT2D eigenvalue weighted by molar-refractivity contribution is 6.09. The van der Waals surface area contributed by atoms with Gasteiger partial charge in [0.15, 0.2) is 0 Å². The van der Waals surface area contributed by atoms with E-state index in [1.807, 2.05) is 0 Å². The molecule has 0 aliphatic rings. The molecule has 1 aromatic rings. The van der Waals surface area contributed by atoms with Gasteiger partial charge in [0.25, 0.3) is 5.91 Å². The summed E-state index contributed by atoms with van der Waals surface area (Å²) >= 11 is 0. The van der Waals surface area contributed by atoms with Gasteiger partial charge in [-0.25, -0.2) is 9.59 Å². The first kappa shape index (κ1) is 19.4. The molecule has 7 heteroatoms. The van der Waals surface area contributed by atoms with Crippen molar-refractivity contribution in [2.45, 2.75) is 12.5 Å². The maximum atomic E-state index is 12.3. The second-order valence-electron chi connectivity index (χ2n) is 4.96. The molecule has 0 fully saturated rings. The molecule has 1 amide bonds. The minimum Gasteiger partial charge on any atom is -0.461 e. The van der Waals surface area contributed by atoms with Gasteiger partial charge in [0.05, 0.1) is 6.61 Å². The van der Waals surface area contributed by atoms with Crippen molar-refractivity contribution in [1.29, 1.82) is 0 Å². The highest BCUT2D eigenvalue weighted by Gasteiger charge is 2.46. The van der Waals surface area contributed by atoms with Crippen LogP contribution in [-0.4, -0.2) is 50.3 Å².